The molecule has 0 saturated carbocycles. The lowest BCUT2D eigenvalue weighted by Gasteiger charge is -2.43. The number of cyclic esters (lactones) is 1. The van der Waals surface area contributed by atoms with Gasteiger partial charge in [0, 0.05) is 0 Å². The summed E-state index contributed by atoms with van der Waals surface area (Å²) >= 11 is 0. The lowest BCUT2D eigenvalue weighted by atomic mass is 10.2. The molecule has 2 aromatic rings. The van der Waals surface area contributed by atoms with Crippen molar-refractivity contribution in [3.63, 3.8) is 0 Å². The smallest absolute Gasteiger partial charge is 0.408 e. The Balaban J connectivity index is 2.04. The van der Waals surface area contributed by atoms with E-state index in [0.717, 1.165) is 10.4 Å². The van der Waals surface area contributed by atoms with Gasteiger partial charge < -0.3 is 14.5 Å². The zero-order valence-corrected chi connectivity index (χ0v) is 16.8. The molecule has 5 nitrogen and oxygen atoms in total. The number of hydrogen-bond acceptors (Lipinski definition) is 4. The van der Waals surface area contributed by atoms with Gasteiger partial charge in [-0.15, -0.1) is 0 Å². The van der Waals surface area contributed by atoms with Gasteiger partial charge in [0.15, 0.2) is 12.4 Å². The molecule has 1 saturated heterocycles. The molecule has 2 aromatic carbocycles. The van der Waals surface area contributed by atoms with Crippen LogP contribution in [-0.2, 0) is 14.0 Å². The Hall–Kier alpha value is -2.44. The summed E-state index contributed by atoms with van der Waals surface area (Å²) in [5.41, 5.74) is 0. The number of nitrogens with one attached hydrogen (secondary N) is 1. The van der Waals surface area contributed by atoms with Crippen LogP contribution in [0, 0.1) is 0 Å². The Kier molecular flexibility index (Phi) is 5.48. The first-order chi connectivity index (χ1) is 12.9. The Morgan fingerprint density at radius 1 is 1.04 bits per heavy atom. The van der Waals surface area contributed by atoms with Crippen LogP contribution < -0.4 is 15.7 Å². The molecule has 3 rings (SSSR count). The number of amides is 1. The minimum Gasteiger partial charge on any atom is -0.436 e. The van der Waals surface area contributed by atoms with E-state index in [4.69, 9.17) is 9.16 Å². The molecule has 6 heteroatoms. The molecule has 0 spiro atoms. The van der Waals surface area contributed by atoms with Gasteiger partial charge in [0.2, 0.25) is 0 Å². The van der Waals surface area contributed by atoms with Gasteiger partial charge in [-0.2, -0.15) is 0 Å². The van der Waals surface area contributed by atoms with Gasteiger partial charge in [0.25, 0.3) is 8.32 Å². The van der Waals surface area contributed by atoms with E-state index in [1.807, 2.05) is 36.4 Å². The maximum absolute atomic E-state index is 11.5. The Labute approximate surface area is 160 Å². The van der Waals surface area contributed by atoms with Crippen molar-refractivity contribution < 1.29 is 18.8 Å². The van der Waals surface area contributed by atoms with Crippen molar-refractivity contribution in [1.82, 2.24) is 5.32 Å². The predicted octanol–water partition coefficient (Wildman–Crippen LogP) is 2.24. The molecule has 1 N–H and O–H groups in total. The van der Waals surface area contributed by atoms with Gasteiger partial charge in [-0.1, -0.05) is 81.4 Å². The van der Waals surface area contributed by atoms with Crippen molar-refractivity contribution in [3.05, 3.63) is 60.7 Å². The molecule has 27 heavy (non-hydrogen) atoms. The summed E-state index contributed by atoms with van der Waals surface area (Å²) in [5.74, 6) is 0. The molecular weight excluding hydrogens is 358 g/mol. The van der Waals surface area contributed by atoms with E-state index < -0.39 is 26.6 Å². The Bertz CT molecular complexity index is 749. The van der Waals surface area contributed by atoms with Gasteiger partial charge in [0.05, 0.1) is 12.6 Å². The van der Waals surface area contributed by atoms with E-state index in [1.165, 1.54) is 0 Å². The van der Waals surface area contributed by atoms with Gasteiger partial charge >= 0.3 is 6.09 Å². The maximum Gasteiger partial charge on any atom is 0.408 e. The zero-order chi connectivity index (χ0) is 19.5. The molecule has 2 atom stereocenters. The average Bonchev–Trinajstić information content (AvgIpc) is 3.03. The Morgan fingerprint density at radius 3 is 2.00 bits per heavy atom. The Morgan fingerprint density at radius 2 is 1.56 bits per heavy atom. The van der Waals surface area contributed by atoms with Gasteiger partial charge in [-0.05, 0) is 15.4 Å². The highest BCUT2D eigenvalue weighted by Gasteiger charge is 2.51. The fourth-order valence-corrected chi connectivity index (χ4v) is 8.29. The summed E-state index contributed by atoms with van der Waals surface area (Å²) in [6.07, 6.45) is -0.754. The number of rotatable bonds is 6. The van der Waals surface area contributed by atoms with Crippen LogP contribution in [0.4, 0.5) is 4.79 Å². The monoisotopic (exact) mass is 383 g/mol. The molecule has 1 fully saturated rings. The fraction of sp³-hybridized carbons (Fsp3) is 0.333. The first-order valence-corrected chi connectivity index (χ1v) is 11.0. The summed E-state index contributed by atoms with van der Waals surface area (Å²) in [6, 6.07) is 20.0. The zero-order valence-electron chi connectivity index (χ0n) is 15.8. The van der Waals surface area contributed by atoms with E-state index in [9.17, 15) is 9.59 Å². The number of ether oxygens (including phenoxy) is 1. The van der Waals surface area contributed by atoms with Gasteiger partial charge in [-0.3, -0.25) is 4.79 Å². The summed E-state index contributed by atoms with van der Waals surface area (Å²) in [6.45, 7) is 6.75. The molecule has 0 radical (unpaired) electrons. The van der Waals surface area contributed by atoms with Crippen LogP contribution in [0.2, 0.25) is 5.04 Å². The quantitative estimate of drug-likeness (QED) is 0.614. The standard InChI is InChI=1S/C21H25NO4Si/c1-21(2,3)27(16-10-6-4-7-11-16,17-12-8-5-9-13-17)25-15-18-19(14-23)26-20(24)22-18/h4-14,18-19H,15H2,1-3H3,(H,22,24)/t18-,19-/m1/s1. The summed E-state index contributed by atoms with van der Waals surface area (Å²) in [4.78, 5) is 22.8. The van der Waals surface area contributed by atoms with Crippen molar-refractivity contribution in [3.8, 4) is 0 Å². The highest BCUT2D eigenvalue weighted by atomic mass is 28.4. The number of aldehydes is 1. The van der Waals surface area contributed by atoms with E-state index in [-0.39, 0.29) is 11.6 Å². The number of benzene rings is 2. The van der Waals surface area contributed by atoms with Crippen LogP contribution in [0.15, 0.2) is 60.7 Å². The molecule has 142 valence electrons. The van der Waals surface area contributed by atoms with Crippen molar-refractivity contribution in [2.24, 2.45) is 0 Å². The van der Waals surface area contributed by atoms with Crippen molar-refractivity contribution in [1.29, 1.82) is 0 Å². The van der Waals surface area contributed by atoms with E-state index >= 15 is 0 Å². The molecular formula is C21H25NO4Si. The third-order valence-corrected chi connectivity index (χ3v) is 9.98. The minimum absolute atomic E-state index is 0.171. The van der Waals surface area contributed by atoms with Crippen LogP contribution in [-0.4, -0.2) is 39.4 Å². The molecule has 1 amide bonds. The topological polar surface area (TPSA) is 64.6 Å². The van der Waals surface area contributed by atoms with Crippen molar-refractivity contribution in [2.45, 2.75) is 38.0 Å². The third kappa shape index (κ3) is 3.68. The normalized spacial score (nSPS) is 20.0. The van der Waals surface area contributed by atoms with Crippen LogP contribution in [0.25, 0.3) is 0 Å². The third-order valence-electron chi connectivity index (χ3n) is 4.97. The van der Waals surface area contributed by atoms with E-state index in [2.05, 4.69) is 50.4 Å². The van der Waals surface area contributed by atoms with Crippen molar-refractivity contribution in [2.75, 3.05) is 6.61 Å². The van der Waals surface area contributed by atoms with Crippen molar-refractivity contribution >= 4 is 31.1 Å². The number of hydrogen-bond donors (Lipinski definition) is 1. The number of carbonyl (C=O) groups excluding carboxylic acids is 2. The molecule has 0 aromatic heterocycles. The molecule has 0 unspecified atom stereocenters. The lowest BCUT2D eigenvalue weighted by molar-refractivity contribution is -0.114. The predicted molar refractivity (Wildman–Crippen MR) is 107 cm³/mol. The lowest BCUT2D eigenvalue weighted by Crippen LogP contribution is -2.67. The van der Waals surface area contributed by atoms with Crippen LogP contribution >= 0.6 is 0 Å². The van der Waals surface area contributed by atoms with Gasteiger partial charge in [0.1, 0.15) is 0 Å². The highest BCUT2D eigenvalue weighted by Crippen LogP contribution is 2.37. The summed E-state index contributed by atoms with van der Waals surface area (Å²) in [7, 11) is -2.70. The molecule has 0 aliphatic carbocycles. The SMILES string of the molecule is CC(C)(C)[Si](OC[C@H]1NC(=O)O[C@@H]1C=O)(c1ccccc1)c1ccccc1. The molecule has 1 aliphatic heterocycles. The summed E-state index contributed by atoms with van der Waals surface area (Å²) in [5, 5.41) is 4.82. The number of carbonyl (C=O) groups is 2. The maximum atomic E-state index is 11.5. The van der Waals surface area contributed by atoms with E-state index in [1.54, 1.807) is 0 Å². The first-order valence-electron chi connectivity index (χ1n) is 9.06. The van der Waals surface area contributed by atoms with Crippen LogP contribution in [0.5, 0.6) is 0 Å². The average molecular weight is 384 g/mol. The van der Waals surface area contributed by atoms with Crippen LogP contribution in [0.3, 0.4) is 0 Å². The number of alkyl carbamates (subject to hydrolysis) is 1. The second-order valence-corrected chi connectivity index (χ2v) is 12.0. The molecule has 1 heterocycles. The second-order valence-electron chi connectivity index (χ2n) is 7.73. The molecule has 1 aliphatic rings. The largest absolute Gasteiger partial charge is 0.436 e. The fourth-order valence-electron chi connectivity index (χ4n) is 3.71. The summed E-state index contributed by atoms with van der Waals surface area (Å²) < 4.78 is 11.7. The van der Waals surface area contributed by atoms with Gasteiger partial charge in [-0.25, -0.2) is 4.79 Å². The van der Waals surface area contributed by atoms with Crippen LogP contribution in [0.1, 0.15) is 20.8 Å². The second kappa shape index (κ2) is 7.66. The van der Waals surface area contributed by atoms with E-state index in [0.29, 0.717) is 6.29 Å². The first kappa shape index (κ1) is 19.3. The highest BCUT2D eigenvalue weighted by molar-refractivity contribution is 6.99. The molecule has 0 bridgehead atoms. The minimum atomic E-state index is -2.70.